The van der Waals surface area contributed by atoms with Crippen LogP contribution in [-0.4, -0.2) is 4.98 Å². The highest BCUT2D eigenvalue weighted by Gasteiger charge is 2.51. The van der Waals surface area contributed by atoms with Crippen molar-refractivity contribution < 1.29 is 4.74 Å². The average Bonchev–Trinajstić information content (AvgIpc) is 3.35. The number of allylic oxidation sites excluding steroid dienone is 4. The SMILES string of the molecule is CC1(C)c2ccccc2C2CCC3=C(Oc4ccc(-c5ccccc5-c5cc(-c6ccccn6)cc(C6C=CC=CN6)c5)cc4-c4ccccc43)C21. The van der Waals surface area contributed by atoms with Crippen molar-refractivity contribution >= 4 is 5.57 Å². The van der Waals surface area contributed by atoms with E-state index in [1.165, 1.54) is 50.1 Å². The molecule has 1 N–H and O–H groups in total. The molecule has 0 radical (unpaired) electrons. The van der Waals surface area contributed by atoms with Gasteiger partial charge in [0.05, 0.1) is 11.7 Å². The largest absolute Gasteiger partial charge is 0.460 e. The van der Waals surface area contributed by atoms with Gasteiger partial charge in [-0.2, -0.15) is 0 Å². The van der Waals surface area contributed by atoms with Crippen LogP contribution in [-0.2, 0) is 5.41 Å². The molecule has 0 saturated heterocycles. The lowest BCUT2D eigenvalue weighted by molar-refractivity contribution is 0.239. The van der Waals surface area contributed by atoms with Gasteiger partial charge in [-0.1, -0.05) is 111 Å². The maximum absolute atomic E-state index is 7.23. The van der Waals surface area contributed by atoms with Gasteiger partial charge in [0.15, 0.2) is 0 Å². The molecule has 2 aliphatic carbocycles. The van der Waals surface area contributed by atoms with Crippen LogP contribution in [0.15, 0.2) is 164 Å². The Morgan fingerprint density at radius 1 is 0.673 bits per heavy atom. The standard InChI is InChI=1S/C49H40N2O/c1-49(2)43-18-8-7-17-39(43)40-22-23-41-37-15-5-6-16-38(37)42-30-31(21-24-46(42)52-48(41)47(40)49)35-13-3-4-14-36(35)32-27-33(44-19-9-11-25-50-44)29-34(28-32)45-20-10-12-26-51-45/h3-21,24-30,40,44,47,50H,22-23H2,1-2H3. The Hall–Kier alpha value is -5.93. The molecule has 10 rings (SSSR count). The summed E-state index contributed by atoms with van der Waals surface area (Å²) in [6.07, 6.45) is 12.4. The van der Waals surface area contributed by atoms with E-state index in [2.05, 4.69) is 153 Å². The highest BCUT2D eigenvalue weighted by atomic mass is 16.5. The van der Waals surface area contributed by atoms with E-state index in [4.69, 9.17) is 9.72 Å². The minimum absolute atomic E-state index is 0.0253. The van der Waals surface area contributed by atoms with Crippen molar-refractivity contribution in [3.63, 3.8) is 0 Å². The molecular weight excluding hydrogens is 633 g/mol. The first-order chi connectivity index (χ1) is 25.5. The smallest absolute Gasteiger partial charge is 0.134 e. The summed E-state index contributed by atoms with van der Waals surface area (Å²) in [7, 11) is 0. The lowest BCUT2D eigenvalue weighted by Gasteiger charge is -2.37. The third-order valence-corrected chi connectivity index (χ3v) is 11.9. The first-order valence-corrected chi connectivity index (χ1v) is 18.5. The number of pyridine rings is 1. The quantitative estimate of drug-likeness (QED) is 0.202. The molecule has 3 heteroatoms. The monoisotopic (exact) mass is 672 g/mol. The molecule has 252 valence electrons. The number of nitrogens with one attached hydrogen (secondary N) is 1. The number of nitrogens with zero attached hydrogens (tertiary/aromatic N) is 1. The number of benzene rings is 5. The van der Waals surface area contributed by atoms with Crippen molar-refractivity contribution in [3.05, 3.63) is 186 Å². The van der Waals surface area contributed by atoms with Gasteiger partial charge in [-0.3, -0.25) is 4.98 Å². The maximum Gasteiger partial charge on any atom is 0.134 e. The first kappa shape index (κ1) is 30.9. The molecule has 2 aliphatic heterocycles. The third-order valence-electron chi connectivity index (χ3n) is 11.9. The number of fused-ring (bicyclic) bond motifs is 8. The van der Waals surface area contributed by atoms with Gasteiger partial charge in [0.25, 0.3) is 0 Å². The Kier molecular flexibility index (Phi) is 7.18. The lowest BCUT2D eigenvalue weighted by atomic mass is 9.69. The van der Waals surface area contributed by atoms with Crippen molar-refractivity contribution in [1.29, 1.82) is 0 Å². The molecule has 0 saturated carbocycles. The molecule has 6 aromatic rings. The van der Waals surface area contributed by atoms with Crippen LogP contribution >= 0.6 is 0 Å². The highest BCUT2D eigenvalue weighted by Crippen LogP contribution is 2.61. The number of ether oxygens (including phenoxy) is 1. The summed E-state index contributed by atoms with van der Waals surface area (Å²) in [6, 6.07) is 46.7. The summed E-state index contributed by atoms with van der Waals surface area (Å²) >= 11 is 0. The van der Waals surface area contributed by atoms with E-state index in [1.54, 1.807) is 0 Å². The van der Waals surface area contributed by atoms with Crippen molar-refractivity contribution in [3.8, 4) is 50.4 Å². The van der Waals surface area contributed by atoms with Gasteiger partial charge in [-0.25, -0.2) is 0 Å². The van der Waals surface area contributed by atoms with Crippen LogP contribution in [0.1, 0.15) is 60.9 Å². The van der Waals surface area contributed by atoms with Crippen molar-refractivity contribution in [2.24, 2.45) is 5.92 Å². The Morgan fingerprint density at radius 3 is 2.23 bits per heavy atom. The van der Waals surface area contributed by atoms with Gasteiger partial charge in [0, 0.05) is 28.7 Å². The van der Waals surface area contributed by atoms with Gasteiger partial charge in [-0.05, 0) is 129 Å². The summed E-state index contributed by atoms with van der Waals surface area (Å²) in [4.78, 5) is 4.73. The van der Waals surface area contributed by atoms with Gasteiger partial charge >= 0.3 is 0 Å². The van der Waals surface area contributed by atoms with Crippen LogP contribution in [0.25, 0.3) is 50.2 Å². The first-order valence-electron chi connectivity index (χ1n) is 18.5. The zero-order valence-corrected chi connectivity index (χ0v) is 29.5. The Labute approximate surface area is 306 Å². The number of rotatable bonds is 4. The van der Waals surface area contributed by atoms with E-state index in [1.807, 2.05) is 24.5 Å². The van der Waals surface area contributed by atoms with E-state index < -0.39 is 0 Å². The minimum Gasteiger partial charge on any atom is -0.460 e. The summed E-state index contributed by atoms with van der Waals surface area (Å²) in [5, 5.41) is 3.53. The van der Waals surface area contributed by atoms with Crippen LogP contribution in [0.3, 0.4) is 0 Å². The van der Waals surface area contributed by atoms with E-state index in [0.717, 1.165) is 46.7 Å². The van der Waals surface area contributed by atoms with E-state index >= 15 is 0 Å². The lowest BCUT2D eigenvalue weighted by Crippen LogP contribution is -2.32. The van der Waals surface area contributed by atoms with Gasteiger partial charge < -0.3 is 10.1 Å². The fraction of sp³-hybridized carbons (Fsp3) is 0.163. The fourth-order valence-corrected chi connectivity index (χ4v) is 9.50. The maximum atomic E-state index is 7.23. The molecule has 5 aromatic carbocycles. The molecule has 3 nitrogen and oxygen atoms in total. The van der Waals surface area contributed by atoms with E-state index in [9.17, 15) is 0 Å². The predicted octanol–water partition coefficient (Wildman–Crippen LogP) is 12.1. The second kappa shape index (κ2) is 12.1. The topological polar surface area (TPSA) is 34.1 Å². The molecule has 0 fully saturated rings. The van der Waals surface area contributed by atoms with Gasteiger partial charge in [0.2, 0.25) is 0 Å². The van der Waals surface area contributed by atoms with Crippen LogP contribution in [0.4, 0.5) is 0 Å². The summed E-state index contributed by atoms with van der Waals surface area (Å²) in [5.74, 6) is 2.86. The number of hydrogen-bond donors (Lipinski definition) is 1. The molecule has 52 heavy (non-hydrogen) atoms. The second-order valence-corrected chi connectivity index (χ2v) is 15.1. The van der Waals surface area contributed by atoms with Crippen LogP contribution in [0.2, 0.25) is 0 Å². The molecule has 1 aromatic heterocycles. The summed E-state index contributed by atoms with van der Waals surface area (Å²) in [6.45, 7) is 4.83. The molecule has 0 spiro atoms. The minimum atomic E-state index is -0.0253. The van der Waals surface area contributed by atoms with Crippen molar-refractivity contribution in [2.45, 2.75) is 44.1 Å². The summed E-state index contributed by atoms with van der Waals surface area (Å²) < 4.78 is 7.23. The summed E-state index contributed by atoms with van der Waals surface area (Å²) in [5.41, 5.74) is 16.0. The highest BCUT2D eigenvalue weighted by molar-refractivity contribution is 5.92. The van der Waals surface area contributed by atoms with Crippen molar-refractivity contribution in [1.82, 2.24) is 10.3 Å². The zero-order valence-electron chi connectivity index (χ0n) is 29.5. The molecule has 3 unspecified atom stereocenters. The Balaban J connectivity index is 1.10. The molecule has 3 atom stereocenters. The molecule has 0 bridgehead atoms. The molecule has 3 heterocycles. The Bertz CT molecular complexity index is 2470. The van der Waals surface area contributed by atoms with Crippen LogP contribution in [0.5, 0.6) is 5.75 Å². The fourth-order valence-electron chi connectivity index (χ4n) is 9.50. The van der Waals surface area contributed by atoms with Gasteiger partial charge in [0.1, 0.15) is 11.5 Å². The third kappa shape index (κ3) is 4.91. The zero-order chi connectivity index (χ0) is 34.8. The predicted molar refractivity (Wildman–Crippen MR) is 213 cm³/mol. The van der Waals surface area contributed by atoms with E-state index in [-0.39, 0.29) is 17.4 Å². The number of dihydropyridines is 1. The normalized spacial score (nSPS) is 20.4. The van der Waals surface area contributed by atoms with Crippen LogP contribution in [0, 0.1) is 5.92 Å². The molecule has 0 amide bonds. The van der Waals surface area contributed by atoms with Crippen molar-refractivity contribution in [2.75, 3.05) is 0 Å². The molecular formula is C49H40N2O. The Morgan fingerprint density at radius 2 is 1.42 bits per heavy atom. The second-order valence-electron chi connectivity index (χ2n) is 15.1. The van der Waals surface area contributed by atoms with E-state index in [0.29, 0.717) is 5.92 Å². The van der Waals surface area contributed by atoms with Crippen LogP contribution < -0.4 is 10.1 Å². The molecule has 4 aliphatic rings. The average molecular weight is 673 g/mol. The number of aromatic nitrogens is 1. The number of hydrogen-bond acceptors (Lipinski definition) is 3. The van der Waals surface area contributed by atoms with Gasteiger partial charge in [-0.15, -0.1) is 0 Å².